The van der Waals surface area contributed by atoms with E-state index in [2.05, 4.69) is 26.1 Å². The first-order valence-corrected chi connectivity index (χ1v) is 7.48. The molecule has 0 aromatic heterocycles. The van der Waals surface area contributed by atoms with Crippen molar-refractivity contribution in [2.24, 2.45) is 0 Å². The van der Waals surface area contributed by atoms with E-state index < -0.39 is 5.82 Å². The first kappa shape index (κ1) is 15.5. The van der Waals surface area contributed by atoms with E-state index in [0.717, 1.165) is 49.2 Å². The maximum Gasteiger partial charge on any atom is 0.197 e. The Morgan fingerprint density at radius 3 is 2.50 bits per heavy atom. The minimum atomic E-state index is -0.415. The summed E-state index contributed by atoms with van der Waals surface area (Å²) in [6, 6.07) is 1.44. The molecule has 0 bridgehead atoms. The third kappa shape index (κ3) is 3.42. The molecule has 1 aliphatic rings. The molecule has 1 aromatic carbocycles. The maximum atomic E-state index is 13.8. The van der Waals surface area contributed by atoms with Gasteiger partial charge in [0.05, 0.1) is 14.2 Å². The van der Waals surface area contributed by atoms with Crippen LogP contribution in [0.25, 0.3) is 0 Å². The van der Waals surface area contributed by atoms with Crippen LogP contribution in [0, 0.1) is 5.82 Å². The highest BCUT2D eigenvalue weighted by atomic mass is 79.9. The van der Waals surface area contributed by atoms with Crippen molar-refractivity contribution >= 4 is 15.9 Å². The molecular formula is C14H20BrFN2O2. The highest BCUT2D eigenvalue weighted by molar-refractivity contribution is 9.10. The van der Waals surface area contributed by atoms with Gasteiger partial charge in [0.15, 0.2) is 17.3 Å². The molecule has 0 aliphatic carbocycles. The van der Waals surface area contributed by atoms with Gasteiger partial charge in [0.25, 0.3) is 0 Å². The summed E-state index contributed by atoms with van der Waals surface area (Å²) in [6.45, 7) is 5.04. The molecule has 1 aliphatic heterocycles. The van der Waals surface area contributed by atoms with E-state index in [1.165, 1.54) is 20.3 Å². The average molecular weight is 347 g/mol. The molecule has 0 unspecified atom stereocenters. The first-order valence-electron chi connectivity index (χ1n) is 6.69. The summed E-state index contributed by atoms with van der Waals surface area (Å²) in [5.74, 6) is 0.239. The van der Waals surface area contributed by atoms with Crippen molar-refractivity contribution in [2.45, 2.75) is 6.42 Å². The van der Waals surface area contributed by atoms with Crippen molar-refractivity contribution < 1.29 is 13.9 Å². The molecule has 0 atom stereocenters. The Bertz CT molecular complexity index is 465. The summed E-state index contributed by atoms with van der Waals surface area (Å²) in [6.07, 6.45) is 0.792. The summed E-state index contributed by atoms with van der Waals surface area (Å²) in [5.41, 5.74) is 0.948. The van der Waals surface area contributed by atoms with E-state index in [4.69, 9.17) is 9.47 Å². The number of hydrogen-bond acceptors (Lipinski definition) is 4. The second-order valence-corrected chi connectivity index (χ2v) is 5.58. The van der Waals surface area contributed by atoms with E-state index in [0.29, 0.717) is 5.75 Å². The normalized spacial score (nSPS) is 16.2. The minimum Gasteiger partial charge on any atom is -0.492 e. The lowest BCUT2D eigenvalue weighted by Gasteiger charge is -2.27. The number of ether oxygens (including phenoxy) is 2. The molecule has 20 heavy (non-hydrogen) atoms. The van der Waals surface area contributed by atoms with Gasteiger partial charge in [0.2, 0.25) is 0 Å². The van der Waals surface area contributed by atoms with E-state index in [9.17, 15) is 4.39 Å². The van der Waals surface area contributed by atoms with Gasteiger partial charge >= 0.3 is 0 Å². The third-order valence-electron chi connectivity index (χ3n) is 3.53. The molecule has 0 radical (unpaired) electrons. The number of rotatable bonds is 5. The lowest BCUT2D eigenvalue weighted by molar-refractivity contribution is 0.242. The van der Waals surface area contributed by atoms with Crippen molar-refractivity contribution in [3.05, 3.63) is 21.9 Å². The number of nitrogens with one attached hydrogen (secondary N) is 1. The lowest BCUT2D eigenvalue weighted by Crippen LogP contribution is -2.44. The minimum absolute atomic E-state index is 0.172. The predicted molar refractivity (Wildman–Crippen MR) is 80.2 cm³/mol. The second-order valence-electron chi connectivity index (χ2n) is 4.73. The molecule has 2 rings (SSSR count). The van der Waals surface area contributed by atoms with Crippen LogP contribution in [0.15, 0.2) is 10.5 Å². The van der Waals surface area contributed by atoms with Crippen molar-refractivity contribution in [1.82, 2.24) is 10.2 Å². The number of hydrogen-bond donors (Lipinski definition) is 1. The second kappa shape index (κ2) is 7.24. The number of halogens is 2. The van der Waals surface area contributed by atoms with Crippen LogP contribution in [0.4, 0.5) is 4.39 Å². The van der Waals surface area contributed by atoms with Gasteiger partial charge in [0.1, 0.15) is 0 Å². The van der Waals surface area contributed by atoms with E-state index in [1.807, 2.05) is 0 Å². The van der Waals surface area contributed by atoms with Crippen LogP contribution in [0.3, 0.4) is 0 Å². The Kier molecular flexibility index (Phi) is 5.63. The van der Waals surface area contributed by atoms with E-state index in [-0.39, 0.29) is 5.75 Å². The van der Waals surface area contributed by atoms with Crippen LogP contribution in [-0.2, 0) is 6.42 Å². The molecule has 4 nitrogen and oxygen atoms in total. The van der Waals surface area contributed by atoms with E-state index in [1.54, 1.807) is 0 Å². The molecule has 112 valence electrons. The summed E-state index contributed by atoms with van der Waals surface area (Å²) in [7, 11) is 2.99. The summed E-state index contributed by atoms with van der Waals surface area (Å²) in [4.78, 5) is 2.39. The van der Waals surface area contributed by atoms with Crippen molar-refractivity contribution in [3.63, 3.8) is 0 Å². The zero-order valence-corrected chi connectivity index (χ0v) is 13.4. The highest BCUT2D eigenvalue weighted by Gasteiger charge is 2.20. The van der Waals surface area contributed by atoms with Crippen molar-refractivity contribution in [2.75, 3.05) is 46.9 Å². The smallest absolute Gasteiger partial charge is 0.197 e. The van der Waals surface area contributed by atoms with Crippen LogP contribution < -0.4 is 14.8 Å². The summed E-state index contributed by atoms with van der Waals surface area (Å²) in [5, 5.41) is 3.33. The molecule has 1 heterocycles. The molecule has 6 heteroatoms. The van der Waals surface area contributed by atoms with Crippen LogP contribution in [0.1, 0.15) is 5.56 Å². The Morgan fingerprint density at radius 1 is 1.25 bits per heavy atom. The Hall–Kier alpha value is -0.850. The fourth-order valence-electron chi connectivity index (χ4n) is 2.46. The number of methoxy groups -OCH3 is 2. The first-order chi connectivity index (χ1) is 9.67. The Labute approximate surface area is 127 Å². The standard InChI is InChI=1S/C14H20BrFN2O2/c1-19-13-10(3-6-18-7-4-17-5-8-18)11(15)9-12(16)14(13)20-2/h9,17H,3-8H2,1-2H3. The molecule has 1 aromatic rings. The average Bonchev–Trinajstić information content (AvgIpc) is 2.46. The SMILES string of the molecule is COc1c(F)cc(Br)c(CCN2CCNCC2)c1OC. The van der Waals surface area contributed by atoms with Gasteiger partial charge in [-0.3, -0.25) is 0 Å². The molecule has 1 fully saturated rings. The summed E-state index contributed by atoms with van der Waals surface area (Å²) >= 11 is 3.42. The fraction of sp³-hybridized carbons (Fsp3) is 0.571. The molecular weight excluding hydrogens is 327 g/mol. The van der Waals surface area contributed by atoms with Crippen LogP contribution in [0.2, 0.25) is 0 Å². The van der Waals surface area contributed by atoms with E-state index >= 15 is 0 Å². The predicted octanol–water partition coefficient (Wildman–Crippen LogP) is 2.05. The Morgan fingerprint density at radius 2 is 1.90 bits per heavy atom. The zero-order chi connectivity index (χ0) is 14.5. The number of piperazine rings is 1. The number of nitrogens with zero attached hydrogens (tertiary/aromatic N) is 1. The maximum absolute atomic E-state index is 13.8. The monoisotopic (exact) mass is 346 g/mol. The third-order valence-corrected chi connectivity index (χ3v) is 4.24. The zero-order valence-electron chi connectivity index (χ0n) is 11.8. The molecule has 1 N–H and O–H groups in total. The van der Waals surface area contributed by atoms with Crippen LogP contribution in [0.5, 0.6) is 11.5 Å². The van der Waals surface area contributed by atoms with Gasteiger partial charge in [-0.05, 0) is 12.5 Å². The summed E-state index contributed by atoms with van der Waals surface area (Å²) < 4.78 is 25.0. The molecule has 0 spiro atoms. The fourth-order valence-corrected chi connectivity index (χ4v) is 3.04. The number of benzene rings is 1. The Balaban J connectivity index is 2.17. The molecule has 1 saturated heterocycles. The van der Waals surface area contributed by atoms with Gasteiger partial charge in [-0.25, -0.2) is 4.39 Å². The van der Waals surface area contributed by atoms with Gasteiger partial charge in [0, 0.05) is 42.8 Å². The quantitative estimate of drug-likeness (QED) is 0.884. The molecule has 0 amide bonds. The molecule has 0 saturated carbocycles. The van der Waals surface area contributed by atoms with Crippen LogP contribution >= 0.6 is 15.9 Å². The lowest BCUT2D eigenvalue weighted by atomic mass is 10.1. The van der Waals surface area contributed by atoms with Gasteiger partial charge < -0.3 is 19.7 Å². The largest absolute Gasteiger partial charge is 0.492 e. The van der Waals surface area contributed by atoms with Gasteiger partial charge in [-0.15, -0.1) is 0 Å². The topological polar surface area (TPSA) is 33.7 Å². The van der Waals surface area contributed by atoms with Crippen molar-refractivity contribution in [3.8, 4) is 11.5 Å². The van der Waals surface area contributed by atoms with Gasteiger partial charge in [-0.2, -0.15) is 0 Å². The van der Waals surface area contributed by atoms with Crippen molar-refractivity contribution in [1.29, 1.82) is 0 Å². The van der Waals surface area contributed by atoms with Gasteiger partial charge in [-0.1, -0.05) is 15.9 Å². The highest BCUT2D eigenvalue weighted by Crippen LogP contribution is 2.38. The van der Waals surface area contributed by atoms with Crippen LogP contribution in [-0.4, -0.2) is 51.8 Å².